The lowest BCUT2D eigenvalue weighted by atomic mass is 10.2. The predicted molar refractivity (Wildman–Crippen MR) is 60.6 cm³/mol. The molecule has 0 unspecified atom stereocenters. The second-order valence-electron chi connectivity index (χ2n) is 2.56. The highest BCUT2D eigenvalue weighted by atomic mass is 35.5. The van der Waals surface area contributed by atoms with Gasteiger partial charge in [-0.3, -0.25) is 5.84 Å². The minimum Gasteiger partial charge on any atom is -1.00 e. The van der Waals surface area contributed by atoms with Gasteiger partial charge in [0.2, 0.25) is 6.34 Å². The number of rotatable bonds is 3. The van der Waals surface area contributed by atoms with Crippen molar-refractivity contribution in [1.29, 1.82) is 0 Å². The third kappa shape index (κ3) is 5.98. The first-order valence-corrected chi connectivity index (χ1v) is 5.09. The first-order chi connectivity index (χ1) is 6.83. The summed E-state index contributed by atoms with van der Waals surface area (Å²) in [6.45, 7) is 0. The van der Waals surface area contributed by atoms with E-state index in [4.69, 9.17) is 11.6 Å². The van der Waals surface area contributed by atoms with Gasteiger partial charge in [0.15, 0.2) is 0 Å². The van der Waals surface area contributed by atoms with Crippen LogP contribution >= 0.6 is 11.8 Å². The number of benzene rings is 1. The van der Waals surface area contributed by atoms with E-state index in [9.17, 15) is 0 Å². The molecule has 1 rings (SSSR count). The van der Waals surface area contributed by atoms with Crippen molar-refractivity contribution in [3.8, 4) is 0 Å². The molecular weight excluding hydrogens is 232 g/mol. The molecule has 0 atom stereocenters. The Balaban J connectivity index is 0.00000196. The molecule has 4 nitrogen and oxygen atoms in total. The lowest BCUT2D eigenvalue weighted by Crippen LogP contribution is -3.00. The molecule has 0 aliphatic rings. The van der Waals surface area contributed by atoms with E-state index in [1.807, 2.05) is 18.2 Å². The maximum Gasteiger partial charge on any atom is 0.253 e. The highest BCUT2D eigenvalue weighted by Gasteiger charge is 1.97. The van der Waals surface area contributed by atoms with Gasteiger partial charge in [-0.15, -0.1) is 0 Å². The second-order valence-corrected chi connectivity index (χ2v) is 3.58. The van der Waals surface area contributed by atoms with Crippen LogP contribution in [0.25, 0.3) is 0 Å². The van der Waals surface area contributed by atoms with E-state index in [2.05, 4.69) is 22.2 Å². The molecule has 0 aliphatic carbocycles. The number of thioether (sulfide) groups is 1. The summed E-state index contributed by atoms with van der Waals surface area (Å²) in [7, 11) is 0. The fourth-order valence-electron chi connectivity index (χ4n) is 0.878. The molecule has 15 heavy (non-hydrogen) atoms. The van der Waals surface area contributed by atoms with Gasteiger partial charge in [-0.2, -0.15) is 0 Å². The fraction of sp³-hybridized carbons (Fsp3) is 0.111. The quantitative estimate of drug-likeness (QED) is 0.221. The summed E-state index contributed by atoms with van der Waals surface area (Å²) in [6, 6.07) is 10.1. The number of hydrazone groups is 1. The molecule has 82 valence electrons. The number of hydrogen-bond donors (Lipinski definition) is 3. The molecule has 6 heteroatoms. The first-order valence-electron chi connectivity index (χ1n) is 4.10. The summed E-state index contributed by atoms with van der Waals surface area (Å²) in [5, 5.41) is 3.87. The Labute approximate surface area is 99.2 Å². The minimum absolute atomic E-state index is 0. The summed E-state index contributed by atoms with van der Waals surface area (Å²) < 4.78 is 0. The number of nitrogens with one attached hydrogen (secondary N) is 1. The van der Waals surface area contributed by atoms with Gasteiger partial charge < -0.3 is 18.1 Å². The van der Waals surface area contributed by atoms with Gasteiger partial charge in [-0.1, -0.05) is 42.1 Å². The van der Waals surface area contributed by atoms with E-state index < -0.39 is 0 Å². The molecule has 0 spiro atoms. The van der Waals surface area contributed by atoms with Crippen LogP contribution in [0, 0.1) is 0 Å². The van der Waals surface area contributed by atoms with Crippen LogP contribution in [0.2, 0.25) is 0 Å². The van der Waals surface area contributed by atoms with Crippen molar-refractivity contribution in [2.75, 3.05) is 0 Å². The number of nitrogens with two attached hydrogens (primary N) is 2. The number of halogens is 1. The van der Waals surface area contributed by atoms with Crippen molar-refractivity contribution in [2.45, 2.75) is 5.75 Å². The molecule has 1 aromatic carbocycles. The number of amidine groups is 1. The van der Waals surface area contributed by atoms with Crippen molar-refractivity contribution < 1.29 is 17.4 Å². The zero-order valence-electron chi connectivity index (χ0n) is 8.06. The minimum atomic E-state index is 0. The Morgan fingerprint density at radius 1 is 1.40 bits per heavy atom. The summed E-state index contributed by atoms with van der Waals surface area (Å²) in [5.74, 6) is 5.74. The van der Waals surface area contributed by atoms with Crippen LogP contribution < -0.4 is 29.0 Å². The van der Waals surface area contributed by atoms with E-state index in [0.717, 1.165) is 5.75 Å². The Kier molecular flexibility index (Phi) is 7.49. The zero-order valence-corrected chi connectivity index (χ0v) is 9.63. The Bertz CT molecular complexity index is 326. The van der Waals surface area contributed by atoms with Gasteiger partial charge in [0.1, 0.15) is 0 Å². The smallest absolute Gasteiger partial charge is 0.253 e. The molecule has 0 fully saturated rings. The highest BCUT2D eigenvalue weighted by Crippen LogP contribution is 2.09. The number of nitrogens with zero attached hydrogens (tertiary/aromatic N) is 1. The van der Waals surface area contributed by atoms with Gasteiger partial charge in [0.25, 0.3) is 5.17 Å². The van der Waals surface area contributed by atoms with Crippen LogP contribution in [0.4, 0.5) is 0 Å². The fourth-order valence-corrected chi connectivity index (χ4v) is 1.53. The normalized spacial score (nSPS) is 11.3. The molecule has 0 aliphatic heterocycles. The van der Waals surface area contributed by atoms with Crippen LogP contribution in [0.1, 0.15) is 5.56 Å². The van der Waals surface area contributed by atoms with Gasteiger partial charge in [0.05, 0.1) is 0 Å². The third-order valence-electron chi connectivity index (χ3n) is 1.52. The predicted octanol–water partition coefficient (Wildman–Crippen LogP) is -3.78. The summed E-state index contributed by atoms with van der Waals surface area (Å²) in [4.78, 5) is 2.74. The van der Waals surface area contributed by atoms with Gasteiger partial charge in [0, 0.05) is 5.75 Å². The maximum atomic E-state index is 5.63. The van der Waals surface area contributed by atoms with Crippen LogP contribution in [-0.2, 0) is 5.75 Å². The molecule has 0 amide bonds. The van der Waals surface area contributed by atoms with Gasteiger partial charge in [-0.05, 0) is 10.7 Å². The van der Waals surface area contributed by atoms with Crippen molar-refractivity contribution >= 4 is 23.3 Å². The third-order valence-corrected chi connectivity index (χ3v) is 2.43. The first kappa shape index (κ1) is 13.8. The lowest BCUT2D eigenvalue weighted by Gasteiger charge is -1.96. The molecule has 1 aromatic rings. The van der Waals surface area contributed by atoms with Crippen LogP contribution in [0.15, 0.2) is 35.4 Å². The summed E-state index contributed by atoms with van der Waals surface area (Å²) in [5.41, 5.74) is 6.86. The maximum absolute atomic E-state index is 5.63. The van der Waals surface area contributed by atoms with E-state index in [1.165, 1.54) is 23.7 Å². The molecule has 0 saturated heterocycles. The highest BCUT2D eigenvalue weighted by molar-refractivity contribution is 8.12. The molecule has 0 heterocycles. The molecular formula is C9H13ClN4S. The van der Waals surface area contributed by atoms with E-state index in [-0.39, 0.29) is 12.4 Å². The van der Waals surface area contributed by atoms with Crippen LogP contribution in [0.5, 0.6) is 0 Å². The average Bonchev–Trinajstić information content (AvgIpc) is 2.25. The van der Waals surface area contributed by atoms with E-state index in [1.54, 1.807) is 0 Å². The van der Waals surface area contributed by atoms with Crippen molar-refractivity contribution in [2.24, 2.45) is 16.7 Å². The largest absolute Gasteiger partial charge is 1.00 e. The number of hydrogen-bond acceptors (Lipinski definition) is 3. The monoisotopic (exact) mass is 244 g/mol. The van der Waals surface area contributed by atoms with Crippen molar-refractivity contribution in [3.05, 3.63) is 35.9 Å². The average molecular weight is 245 g/mol. The molecule has 0 aromatic heterocycles. The van der Waals surface area contributed by atoms with Gasteiger partial charge in [-0.25, -0.2) is 4.99 Å². The van der Waals surface area contributed by atoms with E-state index in [0.29, 0.717) is 5.17 Å². The van der Waals surface area contributed by atoms with Crippen molar-refractivity contribution in [1.82, 2.24) is 0 Å². The summed E-state index contributed by atoms with van der Waals surface area (Å²) >= 11 is 1.51. The SMILES string of the molecule is N/N=C/[NH+]=C(N)SCc1ccccc1.[Cl-]. The molecule has 0 saturated carbocycles. The second kappa shape index (κ2) is 8.14. The Morgan fingerprint density at radius 2 is 2.07 bits per heavy atom. The Hall–Kier alpha value is -1.20. The lowest BCUT2D eigenvalue weighted by molar-refractivity contribution is -0.301. The van der Waals surface area contributed by atoms with Crippen LogP contribution in [-0.4, -0.2) is 11.5 Å². The Morgan fingerprint density at radius 3 is 2.67 bits per heavy atom. The molecule has 0 bridgehead atoms. The van der Waals surface area contributed by atoms with E-state index >= 15 is 0 Å². The summed E-state index contributed by atoms with van der Waals surface area (Å²) in [6.07, 6.45) is 1.35. The molecule has 5 N–H and O–H groups in total. The molecule has 0 radical (unpaired) electrons. The standard InChI is InChI=1S/C9H12N4S.ClH/c10-9(12-7-13-11)14-6-8-4-2-1-3-5-8;/h1-5,7H,6,11H2,(H2,10,12,13);1H. The van der Waals surface area contributed by atoms with Gasteiger partial charge >= 0.3 is 0 Å². The topological polar surface area (TPSA) is 78.4 Å². The zero-order chi connectivity index (χ0) is 10.2. The van der Waals surface area contributed by atoms with Crippen molar-refractivity contribution in [3.63, 3.8) is 0 Å². The van der Waals surface area contributed by atoms with Crippen LogP contribution in [0.3, 0.4) is 0 Å².